The smallest absolute Gasteiger partial charge is 0.0587 e. The molecular weight excluding hydrogens is 305 g/mol. The van der Waals surface area contributed by atoms with E-state index in [-0.39, 0.29) is 5.41 Å². The van der Waals surface area contributed by atoms with E-state index in [4.69, 9.17) is 27.9 Å². The summed E-state index contributed by atoms with van der Waals surface area (Å²) in [5.41, 5.74) is 1.40. The summed E-state index contributed by atoms with van der Waals surface area (Å²) in [6, 6.07) is 5.92. The molecule has 1 saturated carbocycles. The Hall–Kier alpha value is -0.280. The highest BCUT2D eigenvalue weighted by atomic mass is 35.5. The van der Waals surface area contributed by atoms with E-state index >= 15 is 0 Å². The van der Waals surface area contributed by atoms with Crippen molar-refractivity contribution in [2.45, 2.75) is 38.0 Å². The fraction of sp³-hybridized carbons (Fsp3) is 0.647. The SMILES string of the molecule is CCCC1CC(CNCCOC)(c2ccc(Cl)cc2Cl)C1. The number of hydrogen-bond acceptors (Lipinski definition) is 2. The minimum Gasteiger partial charge on any atom is -0.383 e. The average molecular weight is 330 g/mol. The number of methoxy groups -OCH3 is 1. The minimum absolute atomic E-state index is 0.162. The Morgan fingerprint density at radius 1 is 1.33 bits per heavy atom. The third kappa shape index (κ3) is 4.13. The highest BCUT2D eigenvalue weighted by molar-refractivity contribution is 6.35. The maximum atomic E-state index is 6.45. The molecule has 1 N–H and O–H groups in total. The van der Waals surface area contributed by atoms with Crippen LogP contribution in [0.3, 0.4) is 0 Å². The van der Waals surface area contributed by atoms with Crippen LogP contribution in [-0.2, 0) is 10.2 Å². The summed E-state index contributed by atoms with van der Waals surface area (Å²) in [4.78, 5) is 0. The highest BCUT2D eigenvalue weighted by Gasteiger charge is 2.45. The minimum atomic E-state index is 0.162. The molecule has 21 heavy (non-hydrogen) atoms. The Morgan fingerprint density at radius 2 is 2.10 bits per heavy atom. The number of hydrogen-bond donors (Lipinski definition) is 1. The van der Waals surface area contributed by atoms with Gasteiger partial charge in [0, 0.05) is 35.7 Å². The molecule has 0 aromatic heterocycles. The lowest BCUT2D eigenvalue weighted by molar-refractivity contribution is 0.123. The van der Waals surface area contributed by atoms with Gasteiger partial charge in [0.15, 0.2) is 0 Å². The lowest BCUT2D eigenvalue weighted by atomic mass is 9.57. The first kappa shape index (κ1) is 17.1. The third-order valence-electron chi connectivity index (χ3n) is 4.50. The Kier molecular flexibility index (Phi) is 6.36. The van der Waals surface area contributed by atoms with Gasteiger partial charge in [-0.05, 0) is 36.5 Å². The Labute approximate surface area is 138 Å². The van der Waals surface area contributed by atoms with E-state index in [1.165, 1.54) is 31.2 Å². The van der Waals surface area contributed by atoms with Crippen LogP contribution in [-0.4, -0.2) is 26.8 Å². The molecular formula is C17H25Cl2NO. The van der Waals surface area contributed by atoms with E-state index in [0.29, 0.717) is 5.02 Å². The van der Waals surface area contributed by atoms with Gasteiger partial charge in [0.1, 0.15) is 0 Å². The van der Waals surface area contributed by atoms with Crippen molar-refractivity contribution in [3.05, 3.63) is 33.8 Å². The second-order valence-corrected chi connectivity index (χ2v) is 6.98. The molecule has 2 rings (SSSR count). The second-order valence-electron chi connectivity index (χ2n) is 6.14. The lowest BCUT2D eigenvalue weighted by Gasteiger charge is -2.49. The summed E-state index contributed by atoms with van der Waals surface area (Å²) in [7, 11) is 1.73. The predicted octanol–water partition coefficient (Wildman–Crippen LogP) is 4.68. The van der Waals surface area contributed by atoms with E-state index < -0.39 is 0 Å². The molecule has 118 valence electrons. The molecule has 0 bridgehead atoms. The lowest BCUT2D eigenvalue weighted by Crippen LogP contribution is -2.49. The van der Waals surface area contributed by atoms with Crippen molar-refractivity contribution in [2.75, 3.05) is 26.8 Å². The zero-order valence-electron chi connectivity index (χ0n) is 12.9. The van der Waals surface area contributed by atoms with Crippen LogP contribution in [0.15, 0.2) is 18.2 Å². The van der Waals surface area contributed by atoms with Crippen LogP contribution in [0, 0.1) is 5.92 Å². The molecule has 0 aliphatic heterocycles. The molecule has 0 spiro atoms. The van der Waals surface area contributed by atoms with Gasteiger partial charge in [-0.3, -0.25) is 0 Å². The number of benzene rings is 1. The first-order valence-electron chi connectivity index (χ1n) is 7.76. The van der Waals surface area contributed by atoms with E-state index in [0.717, 1.165) is 30.6 Å². The van der Waals surface area contributed by atoms with Crippen molar-refractivity contribution in [1.82, 2.24) is 5.32 Å². The van der Waals surface area contributed by atoms with Gasteiger partial charge < -0.3 is 10.1 Å². The summed E-state index contributed by atoms with van der Waals surface area (Å²) in [6.45, 7) is 4.83. The Bertz CT molecular complexity index is 458. The summed E-state index contributed by atoms with van der Waals surface area (Å²) < 4.78 is 5.11. The van der Waals surface area contributed by atoms with E-state index in [2.05, 4.69) is 18.3 Å². The second kappa shape index (κ2) is 7.82. The van der Waals surface area contributed by atoms with Crippen LogP contribution in [0.25, 0.3) is 0 Å². The van der Waals surface area contributed by atoms with Gasteiger partial charge in [-0.2, -0.15) is 0 Å². The van der Waals surface area contributed by atoms with Crippen molar-refractivity contribution in [2.24, 2.45) is 5.92 Å². The molecule has 1 aromatic rings. The molecule has 0 saturated heterocycles. The van der Waals surface area contributed by atoms with Crippen LogP contribution in [0.4, 0.5) is 0 Å². The van der Waals surface area contributed by atoms with Crippen molar-refractivity contribution in [1.29, 1.82) is 0 Å². The normalized spacial score (nSPS) is 24.9. The van der Waals surface area contributed by atoms with Crippen LogP contribution in [0.5, 0.6) is 0 Å². The fourth-order valence-corrected chi connectivity index (χ4v) is 4.15. The van der Waals surface area contributed by atoms with Gasteiger partial charge >= 0.3 is 0 Å². The van der Waals surface area contributed by atoms with Gasteiger partial charge in [0.25, 0.3) is 0 Å². The summed E-state index contributed by atoms with van der Waals surface area (Å²) in [5, 5.41) is 5.02. The van der Waals surface area contributed by atoms with Crippen molar-refractivity contribution in [3.63, 3.8) is 0 Å². The molecule has 0 radical (unpaired) electrons. The molecule has 1 fully saturated rings. The maximum Gasteiger partial charge on any atom is 0.0587 e. The van der Waals surface area contributed by atoms with Crippen LogP contribution in [0.1, 0.15) is 38.2 Å². The Morgan fingerprint density at radius 3 is 2.71 bits per heavy atom. The summed E-state index contributed by atoms with van der Waals surface area (Å²) in [6.07, 6.45) is 4.99. The summed E-state index contributed by atoms with van der Waals surface area (Å²) in [5.74, 6) is 0.825. The highest BCUT2D eigenvalue weighted by Crippen LogP contribution is 2.51. The molecule has 4 heteroatoms. The predicted molar refractivity (Wildman–Crippen MR) is 90.5 cm³/mol. The van der Waals surface area contributed by atoms with Crippen LogP contribution in [0.2, 0.25) is 10.0 Å². The fourth-order valence-electron chi connectivity index (χ4n) is 3.54. The zero-order valence-corrected chi connectivity index (χ0v) is 14.4. The first-order chi connectivity index (χ1) is 10.1. The third-order valence-corrected chi connectivity index (χ3v) is 5.05. The van der Waals surface area contributed by atoms with Crippen molar-refractivity contribution >= 4 is 23.2 Å². The van der Waals surface area contributed by atoms with Gasteiger partial charge in [0.2, 0.25) is 0 Å². The zero-order chi connectivity index (χ0) is 15.3. The molecule has 1 aliphatic carbocycles. The molecule has 0 unspecified atom stereocenters. The van der Waals surface area contributed by atoms with E-state index in [1.54, 1.807) is 7.11 Å². The van der Waals surface area contributed by atoms with Gasteiger partial charge in [-0.15, -0.1) is 0 Å². The first-order valence-corrected chi connectivity index (χ1v) is 8.52. The van der Waals surface area contributed by atoms with E-state index in [1.807, 2.05) is 12.1 Å². The van der Waals surface area contributed by atoms with Crippen LogP contribution >= 0.6 is 23.2 Å². The number of rotatable bonds is 8. The van der Waals surface area contributed by atoms with Gasteiger partial charge in [0.05, 0.1) is 6.61 Å². The molecule has 1 aliphatic rings. The molecule has 0 atom stereocenters. The molecule has 0 heterocycles. The van der Waals surface area contributed by atoms with Gasteiger partial charge in [-0.1, -0.05) is 49.0 Å². The van der Waals surface area contributed by atoms with Crippen molar-refractivity contribution < 1.29 is 4.74 Å². The largest absolute Gasteiger partial charge is 0.383 e. The van der Waals surface area contributed by atoms with E-state index in [9.17, 15) is 0 Å². The molecule has 2 nitrogen and oxygen atoms in total. The maximum absolute atomic E-state index is 6.45. The molecule has 0 amide bonds. The standard InChI is InChI=1S/C17H25Cl2NO/c1-3-4-13-10-17(11-13,12-20-7-8-21-2)15-6-5-14(18)9-16(15)19/h5-6,9,13,20H,3-4,7-8,10-12H2,1-2H3. The van der Waals surface area contributed by atoms with Crippen LogP contribution < -0.4 is 5.32 Å². The average Bonchev–Trinajstić information content (AvgIpc) is 2.41. The quantitative estimate of drug-likeness (QED) is 0.699. The van der Waals surface area contributed by atoms with Crippen molar-refractivity contribution in [3.8, 4) is 0 Å². The number of ether oxygens (including phenoxy) is 1. The monoisotopic (exact) mass is 329 g/mol. The van der Waals surface area contributed by atoms with Gasteiger partial charge in [-0.25, -0.2) is 0 Å². The number of nitrogens with one attached hydrogen (secondary N) is 1. The topological polar surface area (TPSA) is 21.3 Å². The number of halogens is 2. The summed E-state index contributed by atoms with van der Waals surface area (Å²) >= 11 is 12.5. The Balaban J connectivity index is 2.09. The molecule has 1 aromatic carbocycles.